The van der Waals surface area contributed by atoms with Gasteiger partial charge < -0.3 is 12.8 Å². The first kappa shape index (κ1) is 52.3. The van der Waals surface area contributed by atoms with Gasteiger partial charge in [-0.25, -0.2) is 12.8 Å². The largest absolute Gasteiger partial charge is 2.00 e. The standard InChI is InChI=1S/2C17H23N.2C5H5.2ClH.2Fe.2Pd/c2*1-12(13-6-4-5-7-13)18-11-14-8-9-15-10-16(14)17(15,2)3;2*1-2-4-5-3-1;;;;;;/h2*4-6,14-16H,8-11H2,1-3H3;2*1-5H;2*1H;;;;/q2*-1;;;;;4*+2/p-2/t2*14-,15+,16+;;;;;;;;/m00......../s1. The minimum atomic E-state index is 0. The molecule has 10 fully saturated rings. The Labute approximate surface area is 374 Å². The Morgan fingerprint density at radius 3 is 1.12 bits per heavy atom. The monoisotopic (exact) mass is 1010 g/mol. The van der Waals surface area contributed by atoms with Crippen LogP contribution in [-0.4, -0.2) is 24.5 Å². The SMILES string of the molecule is CC(=NC[C@@H]1CC[C@@H]2C[C@H]1C2(C)C)[C]1[C-][CH][CH][CH]1.CC(=NC[C@@H]1CC[C@@H]2C[C@H]1C2(C)C)[C]1[C-][CH][CH][CH]1.[CH]1[CH][CH][CH][CH]1.[CH]1[CH][CH][CH][CH]1.[Cl][Pd+].[Cl][Pd+].[Fe+2].[Fe+2]. The Kier molecular flexibility index (Phi) is 28.0. The summed E-state index contributed by atoms with van der Waals surface area (Å²) in [6.07, 6.45) is 47.2. The third-order valence-corrected chi connectivity index (χ3v) is 12.2. The molecule has 0 heterocycles. The summed E-state index contributed by atoms with van der Waals surface area (Å²) in [5.41, 5.74) is 3.47. The van der Waals surface area contributed by atoms with E-state index in [0.717, 1.165) is 71.9 Å². The second-order valence-corrected chi connectivity index (χ2v) is 15.3. The van der Waals surface area contributed by atoms with E-state index in [2.05, 4.69) is 123 Å². The first-order valence-electron chi connectivity index (χ1n) is 18.0. The summed E-state index contributed by atoms with van der Waals surface area (Å²) >= 11 is 4.44. The maximum absolute atomic E-state index is 4.82. The van der Waals surface area contributed by atoms with E-state index in [1.165, 1.54) is 38.5 Å². The van der Waals surface area contributed by atoms with Crippen LogP contribution in [0.25, 0.3) is 0 Å². The molecule has 8 heteroatoms. The van der Waals surface area contributed by atoms with Gasteiger partial charge in [0.1, 0.15) is 0 Å². The summed E-state index contributed by atoms with van der Waals surface area (Å²) in [6.45, 7) is 16.1. The first-order chi connectivity index (χ1) is 24.2. The number of halogens is 2. The van der Waals surface area contributed by atoms with Crippen molar-refractivity contribution in [2.45, 2.75) is 80.1 Å². The van der Waals surface area contributed by atoms with E-state index >= 15 is 0 Å². The molecule has 0 amide bonds. The molecule has 20 radical (unpaired) electrons. The average Bonchev–Trinajstić information content (AvgIpc) is 4.00. The van der Waals surface area contributed by atoms with E-state index in [0.29, 0.717) is 10.8 Å². The van der Waals surface area contributed by atoms with Crippen molar-refractivity contribution in [3.05, 3.63) is 127 Å². The Bertz CT molecular complexity index is 892. The Morgan fingerprint density at radius 2 is 0.885 bits per heavy atom. The zero-order valence-corrected chi connectivity index (χ0v) is 38.2. The molecule has 0 aliphatic heterocycles. The molecule has 10 aliphatic rings. The Morgan fingerprint density at radius 1 is 0.577 bits per heavy atom. The van der Waals surface area contributed by atoms with Crippen molar-refractivity contribution in [3.63, 3.8) is 0 Å². The summed E-state index contributed by atoms with van der Waals surface area (Å²) in [6, 6.07) is 0. The van der Waals surface area contributed by atoms with E-state index in [1.807, 2.05) is 89.9 Å². The van der Waals surface area contributed by atoms with Gasteiger partial charge in [0, 0.05) is 13.1 Å². The molecule has 288 valence electrons. The molecule has 2 nitrogen and oxygen atoms in total. The van der Waals surface area contributed by atoms with Crippen LogP contribution in [0.2, 0.25) is 0 Å². The average molecular weight is 1010 g/mol. The van der Waals surface area contributed by atoms with Gasteiger partial charge in [0.2, 0.25) is 0 Å². The molecule has 0 spiro atoms. The maximum Gasteiger partial charge on any atom is 2.00 e. The van der Waals surface area contributed by atoms with Crippen LogP contribution in [0.3, 0.4) is 0 Å². The summed E-state index contributed by atoms with van der Waals surface area (Å²) < 4.78 is 0. The summed E-state index contributed by atoms with van der Waals surface area (Å²) in [4.78, 5) is 9.63. The third kappa shape index (κ3) is 15.5. The summed E-state index contributed by atoms with van der Waals surface area (Å²) in [7, 11) is 8.98. The van der Waals surface area contributed by atoms with Crippen molar-refractivity contribution in [2.24, 2.45) is 56.3 Å². The number of rotatable bonds is 6. The van der Waals surface area contributed by atoms with Gasteiger partial charge in [-0.15, -0.1) is 0 Å². The fraction of sp³-hybridized carbons (Fsp3) is 0.500. The van der Waals surface area contributed by atoms with Crippen LogP contribution in [0.4, 0.5) is 0 Å². The molecule has 0 N–H and O–H groups in total. The topological polar surface area (TPSA) is 24.7 Å². The van der Waals surface area contributed by atoms with E-state index < -0.39 is 0 Å². The normalized spacial score (nSPS) is 32.4. The van der Waals surface area contributed by atoms with Crippen LogP contribution < -0.4 is 0 Å². The molecule has 0 unspecified atom stereocenters. The minimum absolute atomic E-state index is 0. The minimum Gasteiger partial charge on any atom is 2.00 e. The van der Waals surface area contributed by atoms with Crippen LogP contribution in [0, 0.1) is 174 Å². The van der Waals surface area contributed by atoms with Crippen LogP contribution in [-0.2, 0) is 70.5 Å². The van der Waals surface area contributed by atoms with Crippen LogP contribution in [0.15, 0.2) is 9.98 Å². The van der Waals surface area contributed by atoms with Crippen LogP contribution in [0.5, 0.6) is 0 Å². The van der Waals surface area contributed by atoms with Gasteiger partial charge in [-0.3, -0.25) is 9.98 Å². The van der Waals surface area contributed by atoms with Gasteiger partial charge in [-0.05, 0) is 174 Å². The molecule has 0 saturated heterocycles. The molecule has 10 rings (SSSR count). The van der Waals surface area contributed by atoms with E-state index in [1.54, 1.807) is 0 Å². The molecule has 10 aliphatic carbocycles. The Balaban J connectivity index is 0.000000372. The summed E-state index contributed by atoms with van der Waals surface area (Å²) in [5.74, 6) is 7.77. The molecule has 4 bridgehead atoms. The predicted octanol–water partition coefficient (Wildman–Crippen LogP) is 11.0. The number of hydrogen-bond donors (Lipinski definition) is 0. The third-order valence-electron chi connectivity index (χ3n) is 12.2. The van der Waals surface area contributed by atoms with E-state index in [4.69, 9.17) is 9.98 Å². The molecule has 0 aromatic heterocycles. The van der Waals surface area contributed by atoms with Gasteiger partial charge in [-0.1, -0.05) is 53.4 Å². The van der Waals surface area contributed by atoms with E-state index in [-0.39, 0.29) is 34.1 Å². The van der Waals surface area contributed by atoms with Gasteiger partial charge in [0.15, 0.2) is 0 Å². The van der Waals surface area contributed by atoms with Gasteiger partial charge >= 0.3 is 89.6 Å². The molecule has 0 aromatic rings. The quantitative estimate of drug-likeness (QED) is 0.144. The maximum atomic E-state index is 4.82. The second kappa shape index (κ2) is 27.9. The first-order valence-corrected chi connectivity index (χ1v) is 22.0. The van der Waals surface area contributed by atoms with E-state index in [9.17, 15) is 0 Å². The van der Waals surface area contributed by atoms with Crippen molar-refractivity contribution in [1.82, 2.24) is 0 Å². The second-order valence-electron chi connectivity index (χ2n) is 15.3. The molecular formula is C44H56Cl2Fe2N2Pd2+4. The Hall–Kier alpha value is 2.28. The van der Waals surface area contributed by atoms with Crippen molar-refractivity contribution in [3.8, 4) is 0 Å². The number of nitrogens with zero attached hydrogens (tertiary/aromatic N) is 2. The van der Waals surface area contributed by atoms with Gasteiger partial charge in [-0.2, -0.15) is 11.8 Å². The fourth-order valence-corrected chi connectivity index (χ4v) is 8.79. The van der Waals surface area contributed by atoms with Gasteiger partial charge in [0.05, 0.1) is 0 Å². The molecule has 10 saturated carbocycles. The van der Waals surface area contributed by atoms with Crippen molar-refractivity contribution in [1.29, 1.82) is 0 Å². The number of hydrogen-bond acceptors (Lipinski definition) is 2. The smallest absolute Gasteiger partial charge is 2.00 e. The molecule has 52 heavy (non-hydrogen) atoms. The predicted molar refractivity (Wildman–Crippen MR) is 206 cm³/mol. The molecule has 6 atom stereocenters. The van der Waals surface area contributed by atoms with Crippen molar-refractivity contribution in [2.75, 3.05) is 13.1 Å². The van der Waals surface area contributed by atoms with Crippen molar-refractivity contribution < 1.29 is 70.5 Å². The molecular weight excluding hydrogens is 952 g/mol. The van der Waals surface area contributed by atoms with Gasteiger partial charge in [0.25, 0.3) is 0 Å². The number of aliphatic imine (C=N–C) groups is 2. The number of fused-ring (bicyclic) bond motifs is 4. The zero-order valence-electron chi connectivity index (χ0n) is 31.3. The fourth-order valence-electron chi connectivity index (χ4n) is 8.79. The van der Waals surface area contributed by atoms with Crippen LogP contribution in [0.1, 0.15) is 80.1 Å². The summed E-state index contributed by atoms with van der Waals surface area (Å²) in [5, 5.41) is 0. The van der Waals surface area contributed by atoms with Crippen LogP contribution >= 0.6 is 19.1 Å². The van der Waals surface area contributed by atoms with Crippen molar-refractivity contribution >= 4 is 30.5 Å². The zero-order chi connectivity index (χ0) is 36.6. The molecule has 0 aromatic carbocycles.